The molecule has 0 atom stereocenters. The zero-order valence-electron chi connectivity index (χ0n) is 29.5. The Balaban J connectivity index is 1.48. The number of hydrogen-bond acceptors (Lipinski definition) is 2. The molecule has 8 nitrogen and oxygen atoms in total. The van der Waals surface area contributed by atoms with Crippen LogP contribution in [0.3, 0.4) is 0 Å². The van der Waals surface area contributed by atoms with Crippen LogP contribution in [0.25, 0.3) is 90.9 Å². The van der Waals surface area contributed by atoms with Gasteiger partial charge in [0, 0.05) is 91.8 Å². The first kappa shape index (κ1) is 31.2. The number of H-pyrrole nitrogens is 2. The van der Waals surface area contributed by atoms with Gasteiger partial charge < -0.3 is 9.97 Å². The number of hydrogen-bond donors (Lipinski definition) is 2. The second-order valence-electron chi connectivity index (χ2n) is 13.5. The molecule has 2 aliphatic heterocycles. The molecule has 9 rings (SSSR count). The lowest BCUT2D eigenvalue weighted by Gasteiger charge is -2.06. The van der Waals surface area contributed by atoms with E-state index in [1.54, 1.807) is 0 Å². The molecule has 8 bridgehead atoms. The lowest BCUT2D eigenvalue weighted by molar-refractivity contribution is -0.671. The number of fused-ring (bicyclic) bond motifs is 8. The third-order valence-corrected chi connectivity index (χ3v) is 9.74. The first-order chi connectivity index (χ1) is 25.4. The van der Waals surface area contributed by atoms with E-state index in [-0.39, 0.29) is 0 Å². The predicted molar refractivity (Wildman–Crippen MR) is 205 cm³/mol. The van der Waals surface area contributed by atoms with Crippen molar-refractivity contribution in [2.75, 3.05) is 0 Å². The summed E-state index contributed by atoms with van der Waals surface area (Å²) in [5, 5.41) is 0. The maximum atomic E-state index is 5.40. The standard InChI is InChI=1S/C44H37N8/c1-49-23-17-29(18-24-49)41-33-9-13-37(45-33)43(31-7-5-21-51(3)27-31)39-15-11-35(47-39)42(30-19-25-50(2)26-20-30)36-12-16-40(48-36)44(38-14-10-34(41)46-38)32-8-6-22-52(4)28-32/h5-28H,1-4H3,(H,45,46,47,48)/q+3/p+1. The van der Waals surface area contributed by atoms with E-state index in [9.17, 15) is 0 Å². The number of pyridine rings is 4. The second-order valence-corrected chi connectivity index (χ2v) is 13.5. The first-order valence-corrected chi connectivity index (χ1v) is 17.4. The molecule has 0 radical (unpaired) electrons. The number of rotatable bonds is 4. The van der Waals surface area contributed by atoms with E-state index in [1.165, 1.54) is 0 Å². The van der Waals surface area contributed by atoms with Crippen molar-refractivity contribution in [3.63, 3.8) is 0 Å². The molecule has 7 aromatic rings. The fraction of sp³-hybridized carbons (Fsp3) is 0.0909. The quantitative estimate of drug-likeness (QED) is 0.206. The monoisotopic (exact) mass is 678 g/mol. The molecule has 2 aliphatic rings. The highest BCUT2D eigenvalue weighted by Crippen LogP contribution is 2.37. The molecule has 0 fully saturated rings. The second kappa shape index (κ2) is 12.5. The van der Waals surface area contributed by atoms with E-state index in [2.05, 4.69) is 153 Å². The van der Waals surface area contributed by atoms with E-state index < -0.39 is 0 Å². The van der Waals surface area contributed by atoms with Crippen LogP contribution < -0.4 is 18.3 Å². The maximum absolute atomic E-state index is 5.40. The van der Waals surface area contributed by atoms with Gasteiger partial charge in [-0.2, -0.15) is 0 Å². The predicted octanol–water partition coefficient (Wildman–Crippen LogP) is 6.62. The number of nitrogens with zero attached hydrogens (tertiary/aromatic N) is 6. The van der Waals surface area contributed by atoms with Gasteiger partial charge in [0.1, 0.15) is 28.2 Å². The highest BCUT2D eigenvalue weighted by Gasteiger charge is 2.20. The summed E-state index contributed by atoms with van der Waals surface area (Å²) in [7, 11) is 8.17. The van der Waals surface area contributed by atoms with Crippen molar-refractivity contribution in [3.05, 3.63) is 145 Å². The van der Waals surface area contributed by atoms with Crippen LogP contribution in [-0.2, 0) is 28.2 Å². The summed E-state index contributed by atoms with van der Waals surface area (Å²) in [6, 6.07) is 25.7. The summed E-state index contributed by atoms with van der Waals surface area (Å²) >= 11 is 0. The van der Waals surface area contributed by atoms with E-state index in [0.717, 1.165) is 89.4 Å². The van der Waals surface area contributed by atoms with Crippen LogP contribution in [0.15, 0.2) is 122 Å². The minimum absolute atomic E-state index is 0.888. The van der Waals surface area contributed by atoms with Crippen molar-refractivity contribution in [3.8, 4) is 44.5 Å². The van der Waals surface area contributed by atoms with Crippen LogP contribution in [0.5, 0.6) is 0 Å². The largest absolute Gasteiger partial charge is 0.354 e. The van der Waals surface area contributed by atoms with Crippen molar-refractivity contribution in [2.24, 2.45) is 28.2 Å². The zero-order valence-corrected chi connectivity index (χ0v) is 29.5. The Morgan fingerprint density at radius 1 is 0.365 bits per heavy atom. The average Bonchev–Trinajstić information content (AvgIpc) is 3.98. The lowest BCUT2D eigenvalue weighted by Crippen LogP contribution is -2.26. The van der Waals surface area contributed by atoms with Crippen molar-refractivity contribution in [2.45, 2.75) is 0 Å². The van der Waals surface area contributed by atoms with Crippen LogP contribution in [0.2, 0.25) is 0 Å². The summed E-state index contributed by atoms with van der Waals surface area (Å²) in [6.45, 7) is 0. The van der Waals surface area contributed by atoms with Gasteiger partial charge in [0.2, 0.25) is 0 Å². The highest BCUT2D eigenvalue weighted by molar-refractivity contribution is 5.99. The van der Waals surface area contributed by atoms with Crippen molar-refractivity contribution in [1.29, 1.82) is 0 Å². The Morgan fingerprint density at radius 3 is 1.02 bits per heavy atom. The molecular weight excluding hydrogens is 641 g/mol. The molecule has 0 unspecified atom stereocenters. The SMILES string of the molecule is C[n+]1ccc(-c2c3nc(c(-c4ccc[n+](C)c4)c4ccc([nH]4)c(-c4cc[n+](C)cc4)c4nc(c(-c5ccc[n+](C)c5)c5ccc2[nH]5)C=C4)C=C3)cc1. The number of aromatic amines is 2. The van der Waals surface area contributed by atoms with Gasteiger partial charge in [-0.25, -0.2) is 28.2 Å². The Labute approximate surface area is 301 Å². The van der Waals surface area contributed by atoms with E-state index in [1.807, 2.05) is 49.7 Å². The van der Waals surface area contributed by atoms with Crippen LogP contribution >= 0.6 is 0 Å². The van der Waals surface area contributed by atoms with E-state index >= 15 is 0 Å². The summed E-state index contributed by atoms with van der Waals surface area (Å²) < 4.78 is 8.26. The lowest BCUT2D eigenvalue weighted by atomic mass is 10.1. The maximum Gasteiger partial charge on any atom is 0.176 e. The molecule has 8 heteroatoms. The van der Waals surface area contributed by atoms with Gasteiger partial charge in [0.25, 0.3) is 0 Å². The van der Waals surface area contributed by atoms with Crippen LogP contribution in [0.1, 0.15) is 22.8 Å². The topological polar surface area (TPSA) is 72.9 Å². The van der Waals surface area contributed by atoms with E-state index in [4.69, 9.17) is 9.97 Å². The van der Waals surface area contributed by atoms with Gasteiger partial charge in [0.05, 0.1) is 22.8 Å². The highest BCUT2D eigenvalue weighted by atomic mass is 14.9. The Bertz CT molecular complexity index is 2570. The Hall–Kier alpha value is -6.80. The number of aryl methyl sites for hydroxylation is 4. The van der Waals surface area contributed by atoms with Gasteiger partial charge in [-0.1, -0.05) is 0 Å². The number of nitrogens with one attached hydrogen (secondary N) is 2. The molecule has 0 aliphatic carbocycles. The summed E-state index contributed by atoms with van der Waals surface area (Å²) in [5.74, 6) is 0. The average molecular weight is 679 g/mol. The molecule has 0 saturated carbocycles. The summed E-state index contributed by atoms with van der Waals surface area (Å²) in [6.07, 6.45) is 25.3. The summed E-state index contributed by atoms with van der Waals surface area (Å²) in [4.78, 5) is 18.5. The Morgan fingerprint density at radius 2 is 0.692 bits per heavy atom. The van der Waals surface area contributed by atoms with Gasteiger partial charge in [0.15, 0.2) is 49.6 Å². The smallest absolute Gasteiger partial charge is 0.176 e. The molecule has 0 amide bonds. The number of aromatic nitrogens is 8. The molecule has 250 valence electrons. The van der Waals surface area contributed by atoms with Gasteiger partial charge in [-0.05, 0) is 71.8 Å². The van der Waals surface area contributed by atoms with Crippen molar-refractivity contribution >= 4 is 46.4 Å². The fourth-order valence-electron chi connectivity index (χ4n) is 7.23. The van der Waals surface area contributed by atoms with Gasteiger partial charge in [-0.15, -0.1) is 0 Å². The zero-order chi connectivity index (χ0) is 35.3. The normalized spacial score (nSPS) is 12.1. The molecule has 52 heavy (non-hydrogen) atoms. The van der Waals surface area contributed by atoms with Crippen molar-refractivity contribution in [1.82, 2.24) is 19.9 Å². The van der Waals surface area contributed by atoms with Crippen LogP contribution in [0, 0.1) is 0 Å². The minimum Gasteiger partial charge on any atom is -0.354 e. The fourth-order valence-corrected chi connectivity index (χ4v) is 7.23. The molecule has 7 aromatic heterocycles. The molecule has 9 heterocycles. The molecule has 2 N–H and O–H groups in total. The molecule has 0 saturated heterocycles. The molecule has 0 spiro atoms. The van der Waals surface area contributed by atoms with Crippen LogP contribution in [0.4, 0.5) is 0 Å². The molecule has 0 aromatic carbocycles. The Kier molecular flexibility index (Phi) is 7.51. The first-order valence-electron chi connectivity index (χ1n) is 17.4. The third-order valence-electron chi connectivity index (χ3n) is 9.74. The summed E-state index contributed by atoms with van der Waals surface area (Å²) in [5.41, 5.74) is 15.8. The van der Waals surface area contributed by atoms with Gasteiger partial charge in [-0.3, -0.25) is 0 Å². The van der Waals surface area contributed by atoms with E-state index in [0.29, 0.717) is 0 Å². The third kappa shape index (κ3) is 5.60. The molecular formula is C44H38N8+4. The van der Waals surface area contributed by atoms with Crippen molar-refractivity contribution < 1.29 is 18.3 Å². The minimum atomic E-state index is 0.888. The van der Waals surface area contributed by atoms with Gasteiger partial charge >= 0.3 is 0 Å². The van der Waals surface area contributed by atoms with Crippen LogP contribution in [-0.4, -0.2) is 19.9 Å².